The maximum Gasteiger partial charge on any atom is 0.264 e. The van der Waals surface area contributed by atoms with E-state index in [1.807, 2.05) is 30.3 Å². The summed E-state index contributed by atoms with van der Waals surface area (Å²) in [5.41, 5.74) is 3.60. The third kappa shape index (κ3) is 2.83. The Morgan fingerprint density at radius 2 is 1.81 bits per heavy atom. The van der Waals surface area contributed by atoms with Crippen molar-refractivity contribution in [3.8, 4) is 28.6 Å². The van der Waals surface area contributed by atoms with Crippen molar-refractivity contribution < 1.29 is 14.1 Å². The number of rotatable bonds is 3. The van der Waals surface area contributed by atoms with Gasteiger partial charge in [0.1, 0.15) is 5.75 Å². The molecule has 26 heavy (non-hydrogen) atoms. The lowest BCUT2D eigenvalue weighted by Gasteiger charge is -2.25. The quantitative estimate of drug-likeness (QED) is 0.718. The Hall–Kier alpha value is -3.15. The van der Waals surface area contributed by atoms with Crippen LogP contribution in [0, 0.1) is 0 Å². The smallest absolute Gasteiger partial charge is 0.264 e. The van der Waals surface area contributed by atoms with Gasteiger partial charge in [-0.3, -0.25) is 4.79 Å². The summed E-state index contributed by atoms with van der Waals surface area (Å²) in [6.07, 6.45) is 0. The molecule has 2 heterocycles. The molecule has 3 aromatic rings. The predicted octanol–water partition coefficient (Wildman–Crippen LogP) is 3.88. The zero-order chi connectivity index (χ0) is 18.3. The number of carbonyl (C=O) groups excluding carboxylic acids is 1. The van der Waals surface area contributed by atoms with Gasteiger partial charge in [-0.1, -0.05) is 43.3 Å². The lowest BCUT2D eigenvalue weighted by molar-refractivity contribution is -0.120. The summed E-state index contributed by atoms with van der Waals surface area (Å²) in [5.74, 6) is 1.99. The Morgan fingerprint density at radius 3 is 2.54 bits per heavy atom. The fraction of sp³-hybridized carbons (Fsp3) is 0.250. The third-order valence-electron chi connectivity index (χ3n) is 4.55. The summed E-state index contributed by atoms with van der Waals surface area (Å²) >= 11 is 0. The van der Waals surface area contributed by atoms with E-state index in [1.54, 1.807) is 11.9 Å². The molecule has 6 heteroatoms. The highest BCUT2D eigenvalue weighted by molar-refractivity contribution is 5.98. The molecule has 1 aliphatic heterocycles. The number of ether oxygens (including phenoxy) is 1. The zero-order valence-corrected chi connectivity index (χ0v) is 14.9. The fourth-order valence-electron chi connectivity index (χ4n) is 2.88. The number of anilines is 1. The molecule has 0 atom stereocenters. The molecule has 0 saturated heterocycles. The number of fused-ring (bicyclic) bond motifs is 1. The van der Waals surface area contributed by atoms with Crippen molar-refractivity contribution >= 4 is 11.6 Å². The number of aromatic nitrogens is 2. The highest BCUT2D eigenvalue weighted by atomic mass is 16.5. The van der Waals surface area contributed by atoms with E-state index in [4.69, 9.17) is 9.26 Å². The number of benzene rings is 2. The Kier molecular flexibility index (Phi) is 3.95. The second-order valence-electron chi connectivity index (χ2n) is 6.62. The van der Waals surface area contributed by atoms with Gasteiger partial charge in [-0.05, 0) is 29.7 Å². The molecule has 6 nitrogen and oxygen atoms in total. The first-order chi connectivity index (χ1) is 12.5. The molecule has 0 bridgehead atoms. The second-order valence-corrected chi connectivity index (χ2v) is 6.62. The van der Waals surface area contributed by atoms with Gasteiger partial charge < -0.3 is 14.2 Å². The van der Waals surface area contributed by atoms with E-state index in [9.17, 15) is 4.79 Å². The van der Waals surface area contributed by atoms with E-state index in [-0.39, 0.29) is 12.5 Å². The van der Waals surface area contributed by atoms with Gasteiger partial charge in [0.25, 0.3) is 11.8 Å². The molecule has 1 aromatic heterocycles. The van der Waals surface area contributed by atoms with Crippen LogP contribution >= 0.6 is 0 Å². The van der Waals surface area contributed by atoms with Crippen LogP contribution < -0.4 is 9.64 Å². The third-order valence-corrected chi connectivity index (χ3v) is 4.55. The van der Waals surface area contributed by atoms with E-state index in [0.717, 1.165) is 11.1 Å². The standard InChI is InChI=1S/C20H19N3O3/c1-12(2)13-4-6-14(7-5-13)19-21-20(26-22-19)15-8-9-17-16(10-15)23(3)18(24)11-25-17/h4-10,12H,11H2,1-3H3. The van der Waals surface area contributed by atoms with Crippen LogP contribution in [0.5, 0.6) is 5.75 Å². The van der Waals surface area contributed by atoms with Crippen molar-refractivity contribution in [1.82, 2.24) is 10.1 Å². The van der Waals surface area contributed by atoms with E-state index in [0.29, 0.717) is 29.1 Å². The van der Waals surface area contributed by atoms with Crippen LogP contribution in [-0.2, 0) is 4.79 Å². The molecule has 1 amide bonds. The van der Waals surface area contributed by atoms with Gasteiger partial charge in [0.05, 0.1) is 5.69 Å². The molecule has 132 valence electrons. The maximum atomic E-state index is 11.8. The number of hydrogen-bond acceptors (Lipinski definition) is 5. The average Bonchev–Trinajstić information content (AvgIpc) is 3.15. The van der Waals surface area contributed by atoms with E-state index in [2.05, 4.69) is 36.1 Å². The molecular formula is C20H19N3O3. The van der Waals surface area contributed by atoms with Gasteiger partial charge in [0.15, 0.2) is 6.61 Å². The lowest BCUT2D eigenvalue weighted by Crippen LogP contribution is -2.35. The summed E-state index contributed by atoms with van der Waals surface area (Å²) in [4.78, 5) is 17.9. The van der Waals surface area contributed by atoms with E-state index < -0.39 is 0 Å². The van der Waals surface area contributed by atoms with E-state index in [1.165, 1.54) is 5.56 Å². The molecule has 0 aliphatic carbocycles. The van der Waals surface area contributed by atoms with Crippen molar-refractivity contribution in [3.05, 3.63) is 48.0 Å². The van der Waals surface area contributed by atoms with Crippen molar-refractivity contribution in [2.75, 3.05) is 18.6 Å². The summed E-state index contributed by atoms with van der Waals surface area (Å²) < 4.78 is 10.9. The maximum absolute atomic E-state index is 11.8. The zero-order valence-electron chi connectivity index (χ0n) is 14.9. The highest BCUT2D eigenvalue weighted by Crippen LogP contribution is 2.35. The fourth-order valence-corrected chi connectivity index (χ4v) is 2.88. The summed E-state index contributed by atoms with van der Waals surface area (Å²) in [5, 5.41) is 4.09. The van der Waals surface area contributed by atoms with Crippen molar-refractivity contribution in [2.45, 2.75) is 19.8 Å². The second kappa shape index (κ2) is 6.29. The summed E-state index contributed by atoms with van der Waals surface area (Å²) in [6, 6.07) is 13.6. The number of amides is 1. The topological polar surface area (TPSA) is 68.5 Å². The minimum absolute atomic E-state index is 0.0555. The molecule has 0 unspecified atom stereocenters. The Balaban J connectivity index is 1.65. The molecule has 0 spiro atoms. The van der Waals surface area contributed by atoms with Crippen molar-refractivity contribution in [3.63, 3.8) is 0 Å². The molecule has 0 N–H and O–H groups in total. The molecule has 0 radical (unpaired) electrons. The first-order valence-corrected chi connectivity index (χ1v) is 8.51. The van der Waals surface area contributed by atoms with Crippen molar-refractivity contribution in [1.29, 1.82) is 0 Å². The van der Waals surface area contributed by atoms with Gasteiger partial charge >= 0.3 is 0 Å². The van der Waals surface area contributed by atoms with Crippen LogP contribution in [0.15, 0.2) is 47.0 Å². The first-order valence-electron chi connectivity index (χ1n) is 8.51. The van der Waals surface area contributed by atoms with Crippen LogP contribution in [-0.4, -0.2) is 29.7 Å². The summed E-state index contributed by atoms with van der Waals surface area (Å²) in [7, 11) is 1.73. The minimum Gasteiger partial charge on any atom is -0.482 e. The highest BCUT2D eigenvalue weighted by Gasteiger charge is 2.23. The van der Waals surface area contributed by atoms with Gasteiger partial charge in [-0.15, -0.1) is 0 Å². The van der Waals surface area contributed by atoms with Gasteiger partial charge in [-0.25, -0.2) is 0 Å². The van der Waals surface area contributed by atoms with Crippen LogP contribution in [0.2, 0.25) is 0 Å². The first kappa shape index (κ1) is 16.3. The minimum atomic E-state index is -0.0916. The lowest BCUT2D eigenvalue weighted by atomic mass is 10.0. The van der Waals surface area contributed by atoms with Crippen LogP contribution in [0.25, 0.3) is 22.8 Å². The van der Waals surface area contributed by atoms with Crippen LogP contribution in [0.4, 0.5) is 5.69 Å². The van der Waals surface area contributed by atoms with Gasteiger partial charge in [0.2, 0.25) is 5.82 Å². The number of carbonyl (C=O) groups is 1. The predicted molar refractivity (Wildman–Crippen MR) is 98.2 cm³/mol. The molecular weight excluding hydrogens is 330 g/mol. The Bertz CT molecular complexity index is 961. The van der Waals surface area contributed by atoms with Crippen LogP contribution in [0.1, 0.15) is 25.3 Å². The number of likely N-dealkylation sites (N-methyl/N-ethyl adjacent to an activating group) is 1. The SMILES string of the molecule is CC(C)c1ccc(-c2noc(-c3ccc4c(c3)N(C)C(=O)CO4)n2)cc1. The van der Waals surface area contributed by atoms with Crippen LogP contribution in [0.3, 0.4) is 0 Å². The van der Waals surface area contributed by atoms with Gasteiger partial charge in [0, 0.05) is 18.2 Å². The molecule has 0 fully saturated rings. The number of hydrogen-bond donors (Lipinski definition) is 0. The largest absolute Gasteiger partial charge is 0.482 e. The Morgan fingerprint density at radius 1 is 1.08 bits per heavy atom. The number of nitrogens with zero attached hydrogens (tertiary/aromatic N) is 3. The van der Waals surface area contributed by atoms with E-state index >= 15 is 0 Å². The van der Waals surface area contributed by atoms with Gasteiger partial charge in [-0.2, -0.15) is 4.98 Å². The summed E-state index contributed by atoms with van der Waals surface area (Å²) in [6.45, 7) is 4.37. The molecule has 0 saturated carbocycles. The molecule has 1 aliphatic rings. The van der Waals surface area contributed by atoms with Crippen molar-refractivity contribution in [2.24, 2.45) is 0 Å². The average molecular weight is 349 g/mol. The molecule has 2 aromatic carbocycles. The monoisotopic (exact) mass is 349 g/mol. The Labute approximate surface area is 151 Å². The normalized spacial score (nSPS) is 13.7. The molecule has 4 rings (SSSR count).